The lowest BCUT2D eigenvalue weighted by Gasteiger charge is -2.19. The first kappa shape index (κ1) is 18.9. The van der Waals surface area contributed by atoms with Gasteiger partial charge in [0.1, 0.15) is 15.5 Å². The van der Waals surface area contributed by atoms with Gasteiger partial charge in [0, 0.05) is 18.9 Å². The third kappa shape index (κ3) is 6.15. The van der Waals surface area contributed by atoms with Gasteiger partial charge in [0.05, 0.1) is 12.2 Å². The first-order chi connectivity index (χ1) is 11.7. The number of pyridine rings is 1. The number of alkyl carbamates (subject to hydrolysis) is 1. The summed E-state index contributed by atoms with van der Waals surface area (Å²) in [5.41, 5.74) is 1.000. The third-order valence-corrected chi connectivity index (χ3v) is 4.16. The molecular weight excluding hydrogens is 340 g/mol. The number of nitrogens with zero attached hydrogens (tertiary/aromatic N) is 2. The van der Waals surface area contributed by atoms with Gasteiger partial charge in [-0.1, -0.05) is 6.07 Å². The first-order valence-electron chi connectivity index (χ1n) is 7.85. The molecule has 0 saturated carbocycles. The normalized spacial score (nSPS) is 11.0. The molecule has 0 saturated heterocycles. The van der Waals surface area contributed by atoms with Crippen LogP contribution in [0.5, 0.6) is 0 Å². The maximum atomic E-state index is 12.3. The van der Waals surface area contributed by atoms with Crippen molar-refractivity contribution in [1.29, 1.82) is 0 Å². The molecular formula is C17H22N4O3S. The van der Waals surface area contributed by atoms with Gasteiger partial charge in [-0.05, 0) is 39.3 Å². The fourth-order valence-corrected chi connectivity index (χ4v) is 2.89. The van der Waals surface area contributed by atoms with Gasteiger partial charge in [0.2, 0.25) is 0 Å². The van der Waals surface area contributed by atoms with Crippen molar-refractivity contribution >= 4 is 23.3 Å². The molecule has 2 aromatic rings. The number of carbonyl (C=O) groups excluding carboxylic acids is 2. The quantitative estimate of drug-likeness (QED) is 0.853. The summed E-state index contributed by atoms with van der Waals surface area (Å²) in [6.07, 6.45) is 2.88. The topological polar surface area (TPSA) is 93.2 Å². The molecule has 0 fully saturated rings. The Hall–Kier alpha value is -2.48. The average Bonchev–Trinajstić information content (AvgIpc) is 2.91. The number of hydrogen-bond donors (Lipinski definition) is 2. The second kappa shape index (κ2) is 8.06. The van der Waals surface area contributed by atoms with E-state index in [2.05, 4.69) is 20.6 Å². The fraction of sp³-hybridized carbons (Fsp3) is 0.412. The molecule has 0 aliphatic heterocycles. The van der Waals surface area contributed by atoms with Crippen LogP contribution in [0, 0.1) is 6.92 Å². The molecule has 2 rings (SSSR count). The van der Waals surface area contributed by atoms with Gasteiger partial charge in [-0.2, -0.15) is 0 Å². The number of aryl methyl sites for hydroxylation is 1. The van der Waals surface area contributed by atoms with Crippen LogP contribution >= 0.6 is 11.3 Å². The molecule has 2 heterocycles. The molecule has 0 bridgehead atoms. The van der Waals surface area contributed by atoms with Crippen molar-refractivity contribution in [3.8, 4) is 0 Å². The Bertz CT molecular complexity index is 738. The third-order valence-electron chi connectivity index (χ3n) is 3.01. The minimum Gasteiger partial charge on any atom is -0.444 e. The molecule has 7 nitrogen and oxygen atoms in total. The summed E-state index contributed by atoms with van der Waals surface area (Å²) in [5.74, 6) is -0.192. The summed E-state index contributed by atoms with van der Waals surface area (Å²) in [6.45, 7) is 7.78. The predicted octanol–water partition coefficient (Wildman–Crippen LogP) is 2.80. The Morgan fingerprint density at radius 1 is 1.24 bits per heavy atom. The smallest absolute Gasteiger partial charge is 0.408 e. The van der Waals surface area contributed by atoms with Crippen LogP contribution in [0.2, 0.25) is 0 Å². The molecule has 2 aromatic heterocycles. The molecule has 2 N–H and O–H groups in total. The molecule has 0 aliphatic carbocycles. The molecule has 0 aliphatic rings. The van der Waals surface area contributed by atoms with Crippen molar-refractivity contribution < 1.29 is 14.3 Å². The SMILES string of the molecule is Cc1nc(CNC(=O)OC(C)(C)C)sc1C(=O)NCc1cccnc1. The minimum atomic E-state index is -0.555. The molecule has 2 amide bonds. The zero-order valence-corrected chi connectivity index (χ0v) is 15.6. The zero-order valence-electron chi connectivity index (χ0n) is 14.8. The van der Waals surface area contributed by atoms with E-state index < -0.39 is 11.7 Å². The standard InChI is InChI=1S/C17H22N4O3S/c1-11-14(15(22)19-9-12-6-5-7-18-8-12)25-13(21-11)10-20-16(23)24-17(2,3)4/h5-8H,9-10H2,1-4H3,(H,19,22)(H,20,23). The Balaban J connectivity index is 1.90. The molecule has 0 unspecified atom stereocenters. The molecule has 0 atom stereocenters. The van der Waals surface area contributed by atoms with Gasteiger partial charge in [0.25, 0.3) is 5.91 Å². The van der Waals surface area contributed by atoms with E-state index in [-0.39, 0.29) is 12.5 Å². The van der Waals surface area contributed by atoms with Crippen LogP contribution in [-0.4, -0.2) is 27.6 Å². The van der Waals surface area contributed by atoms with Crippen molar-refractivity contribution in [3.05, 3.63) is 45.7 Å². The Morgan fingerprint density at radius 3 is 2.64 bits per heavy atom. The van der Waals surface area contributed by atoms with E-state index in [0.717, 1.165) is 5.56 Å². The largest absolute Gasteiger partial charge is 0.444 e. The number of amides is 2. The lowest BCUT2D eigenvalue weighted by Crippen LogP contribution is -2.32. The molecule has 134 valence electrons. The van der Waals surface area contributed by atoms with Crippen molar-refractivity contribution in [2.24, 2.45) is 0 Å². The van der Waals surface area contributed by atoms with Gasteiger partial charge in [-0.25, -0.2) is 9.78 Å². The van der Waals surface area contributed by atoms with E-state index in [9.17, 15) is 9.59 Å². The van der Waals surface area contributed by atoms with E-state index in [4.69, 9.17) is 4.74 Å². The van der Waals surface area contributed by atoms with Crippen LogP contribution in [0.15, 0.2) is 24.5 Å². The number of hydrogen-bond acceptors (Lipinski definition) is 6. The van der Waals surface area contributed by atoms with Crippen LogP contribution in [0.4, 0.5) is 4.79 Å². The molecule has 8 heteroatoms. The monoisotopic (exact) mass is 362 g/mol. The highest BCUT2D eigenvalue weighted by atomic mass is 32.1. The molecule has 25 heavy (non-hydrogen) atoms. The minimum absolute atomic E-state index is 0.192. The van der Waals surface area contributed by atoms with Crippen LogP contribution in [0.3, 0.4) is 0 Å². The Morgan fingerprint density at radius 2 is 2.00 bits per heavy atom. The second-order valence-corrected chi connectivity index (χ2v) is 7.51. The van der Waals surface area contributed by atoms with Crippen LogP contribution in [0.1, 0.15) is 46.7 Å². The summed E-state index contributed by atoms with van der Waals surface area (Å²) in [5, 5.41) is 6.13. The van der Waals surface area contributed by atoms with Crippen LogP contribution in [0.25, 0.3) is 0 Å². The van der Waals surface area contributed by atoms with Crippen molar-refractivity contribution in [2.45, 2.75) is 46.4 Å². The van der Waals surface area contributed by atoms with Gasteiger partial charge in [-0.15, -0.1) is 11.3 Å². The Labute approximate surface area is 150 Å². The van der Waals surface area contributed by atoms with Gasteiger partial charge in [-0.3, -0.25) is 9.78 Å². The van der Waals surface area contributed by atoms with Gasteiger partial charge < -0.3 is 15.4 Å². The summed E-state index contributed by atoms with van der Waals surface area (Å²) in [4.78, 5) is 32.9. The van der Waals surface area contributed by atoms with E-state index in [1.165, 1.54) is 11.3 Å². The summed E-state index contributed by atoms with van der Waals surface area (Å²) in [6, 6.07) is 3.71. The fourth-order valence-electron chi connectivity index (χ4n) is 1.97. The maximum absolute atomic E-state index is 12.3. The molecule has 0 spiro atoms. The molecule has 0 radical (unpaired) electrons. The highest BCUT2D eigenvalue weighted by molar-refractivity contribution is 7.13. The first-order valence-corrected chi connectivity index (χ1v) is 8.66. The molecule has 0 aromatic carbocycles. The van der Waals surface area contributed by atoms with E-state index >= 15 is 0 Å². The number of carbonyl (C=O) groups is 2. The van der Waals surface area contributed by atoms with Crippen molar-refractivity contribution in [2.75, 3.05) is 0 Å². The number of aromatic nitrogens is 2. The summed E-state index contributed by atoms with van der Waals surface area (Å²) < 4.78 is 5.17. The second-order valence-electron chi connectivity index (χ2n) is 6.42. The van der Waals surface area contributed by atoms with Gasteiger partial charge >= 0.3 is 6.09 Å². The number of nitrogens with one attached hydrogen (secondary N) is 2. The zero-order chi connectivity index (χ0) is 18.4. The Kier molecular flexibility index (Phi) is 6.08. The maximum Gasteiger partial charge on any atom is 0.408 e. The van der Waals surface area contributed by atoms with E-state index in [1.54, 1.807) is 40.1 Å². The highest BCUT2D eigenvalue weighted by Crippen LogP contribution is 2.18. The summed E-state index contributed by atoms with van der Waals surface area (Å²) in [7, 11) is 0. The highest BCUT2D eigenvalue weighted by Gasteiger charge is 2.18. The van der Waals surface area contributed by atoms with E-state index in [1.807, 2.05) is 12.1 Å². The number of ether oxygens (including phenoxy) is 1. The van der Waals surface area contributed by atoms with E-state index in [0.29, 0.717) is 22.1 Å². The van der Waals surface area contributed by atoms with Crippen LogP contribution in [-0.2, 0) is 17.8 Å². The van der Waals surface area contributed by atoms with Crippen LogP contribution < -0.4 is 10.6 Å². The number of thiazole rings is 1. The number of rotatable bonds is 5. The average molecular weight is 362 g/mol. The lowest BCUT2D eigenvalue weighted by molar-refractivity contribution is 0.0523. The van der Waals surface area contributed by atoms with Crippen molar-refractivity contribution in [1.82, 2.24) is 20.6 Å². The van der Waals surface area contributed by atoms with Crippen molar-refractivity contribution in [3.63, 3.8) is 0 Å². The summed E-state index contributed by atoms with van der Waals surface area (Å²) >= 11 is 1.25. The van der Waals surface area contributed by atoms with Gasteiger partial charge in [0.15, 0.2) is 0 Å². The predicted molar refractivity (Wildman–Crippen MR) is 95.3 cm³/mol. The lowest BCUT2D eigenvalue weighted by atomic mass is 10.2.